The van der Waals surface area contributed by atoms with Gasteiger partial charge in [0.1, 0.15) is 0 Å². The third-order valence-electron chi connectivity index (χ3n) is 6.59. The lowest BCUT2D eigenvalue weighted by molar-refractivity contribution is -0.136. The van der Waals surface area contributed by atoms with Crippen LogP contribution in [0, 0.1) is 17.8 Å². The van der Waals surface area contributed by atoms with Gasteiger partial charge in [-0.1, -0.05) is 12.1 Å². The monoisotopic (exact) mass is 409 g/mol. The van der Waals surface area contributed by atoms with Crippen molar-refractivity contribution in [1.29, 1.82) is 0 Å². The standard InChI is InChI=1S/C20H22F3N3OS/c21-20(22,23)15-3-1-2-4-16(15)24-11-28-18-26-25-17(27-18)19-8-12-5-13(9-19)7-14(6-12)10-19/h1-4,12-14,24H,5-11H2. The predicted molar refractivity (Wildman–Crippen MR) is 99.9 cm³/mol. The number of para-hydroxylation sites is 1. The van der Waals surface area contributed by atoms with Crippen molar-refractivity contribution in [3.8, 4) is 0 Å². The van der Waals surface area contributed by atoms with E-state index in [1.54, 1.807) is 6.07 Å². The lowest BCUT2D eigenvalue weighted by atomic mass is 9.49. The van der Waals surface area contributed by atoms with Crippen LogP contribution in [0.1, 0.15) is 50.0 Å². The van der Waals surface area contributed by atoms with Gasteiger partial charge in [0.25, 0.3) is 5.22 Å². The highest BCUT2D eigenvalue weighted by atomic mass is 32.2. The van der Waals surface area contributed by atoms with Crippen LogP contribution in [0.2, 0.25) is 0 Å². The van der Waals surface area contributed by atoms with Crippen molar-refractivity contribution >= 4 is 17.4 Å². The largest absolute Gasteiger partial charge is 0.418 e. The van der Waals surface area contributed by atoms with Gasteiger partial charge in [-0.15, -0.1) is 10.2 Å². The Hall–Kier alpha value is -1.70. The number of nitrogens with one attached hydrogen (secondary N) is 1. The van der Waals surface area contributed by atoms with Crippen molar-refractivity contribution in [2.75, 3.05) is 11.2 Å². The molecule has 4 saturated carbocycles. The summed E-state index contributed by atoms with van der Waals surface area (Å²) in [6.07, 6.45) is 3.07. The summed E-state index contributed by atoms with van der Waals surface area (Å²) < 4.78 is 45.2. The van der Waals surface area contributed by atoms with Gasteiger partial charge in [0.05, 0.1) is 11.4 Å². The number of benzene rings is 1. The lowest BCUT2D eigenvalue weighted by Crippen LogP contribution is -2.48. The third kappa shape index (κ3) is 3.29. The summed E-state index contributed by atoms with van der Waals surface area (Å²) in [5, 5.41) is 11.8. The lowest BCUT2D eigenvalue weighted by Gasteiger charge is -2.55. The summed E-state index contributed by atoms with van der Waals surface area (Å²) in [5.74, 6) is 3.33. The number of hydrogen-bond acceptors (Lipinski definition) is 5. The second-order valence-corrected chi connectivity index (χ2v) is 9.51. The highest BCUT2D eigenvalue weighted by Gasteiger charge is 2.54. The molecule has 0 aliphatic heterocycles. The maximum atomic E-state index is 13.1. The summed E-state index contributed by atoms with van der Waals surface area (Å²) in [7, 11) is 0. The minimum Gasteiger partial charge on any atom is -0.415 e. The number of nitrogens with zero attached hydrogens (tertiary/aromatic N) is 2. The molecule has 4 bridgehead atoms. The van der Waals surface area contributed by atoms with E-state index in [1.807, 2.05) is 0 Å². The first-order valence-corrected chi connectivity index (χ1v) is 10.8. The van der Waals surface area contributed by atoms with E-state index in [4.69, 9.17) is 4.42 Å². The van der Waals surface area contributed by atoms with Crippen LogP contribution in [-0.4, -0.2) is 16.1 Å². The van der Waals surface area contributed by atoms with Gasteiger partial charge in [0, 0.05) is 11.1 Å². The Morgan fingerprint density at radius 2 is 1.68 bits per heavy atom. The van der Waals surface area contributed by atoms with E-state index < -0.39 is 11.7 Å². The minimum atomic E-state index is -4.38. The van der Waals surface area contributed by atoms with Gasteiger partial charge in [-0.05, 0) is 80.2 Å². The first-order valence-electron chi connectivity index (χ1n) is 9.78. The molecule has 4 fully saturated rings. The fourth-order valence-electron chi connectivity index (χ4n) is 5.92. The zero-order valence-electron chi connectivity index (χ0n) is 15.3. The van der Waals surface area contributed by atoms with Gasteiger partial charge in [-0.3, -0.25) is 0 Å². The fraction of sp³-hybridized carbons (Fsp3) is 0.600. The number of halogens is 3. The van der Waals surface area contributed by atoms with Crippen LogP contribution >= 0.6 is 11.8 Å². The van der Waals surface area contributed by atoms with Crippen molar-refractivity contribution < 1.29 is 17.6 Å². The third-order valence-corrected chi connectivity index (χ3v) is 7.29. The number of hydrogen-bond donors (Lipinski definition) is 1. The zero-order chi connectivity index (χ0) is 19.4. The van der Waals surface area contributed by atoms with E-state index in [2.05, 4.69) is 15.5 Å². The van der Waals surface area contributed by atoms with Gasteiger partial charge >= 0.3 is 6.18 Å². The molecule has 1 heterocycles. The molecule has 150 valence electrons. The van der Waals surface area contributed by atoms with Gasteiger partial charge in [0.15, 0.2) is 0 Å². The maximum absolute atomic E-state index is 13.1. The number of aromatic nitrogens is 2. The van der Waals surface area contributed by atoms with Crippen molar-refractivity contribution in [2.24, 2.45) is 17.8 Å². The van der Waals surface area contributed by atoms with Gasteiger partial charge in [0.2, 0.25) is 5.89 Å². The van der Waals surface area contributed by atoms with Gasteiger partial charge < -0.3 is 9.73 Å². The molecule has 6 rings (SSSR count). The molecule has 0 radical (unpaired) electrons. The smallest absolute Gasteiger partial charge is 0.415 e. The molecule has 0 atom stereocenters. The van der Waals surface area contributed by atoms with Crippen molar-refractivity contribution in [3.05, 3.63) is 35.7 Å². The highest BCUT2D eigenvalue weighted by molar-refractivity contribution is 7.99. The van der Waals surface area contributed by atoms with Crippen LogP contribution < -0.4 is 5.32 Å². The van der Waals surface area contributed by atoms with Gasteiger partial charge in [-0.25, -0.2) is 0 Å². The average molecular weight is 409 g/mol. The fourth-order valence-corrected chi connectivity index (χ4v) is 6.50. The van der Waals surface area contributed by atoms with Crippen molar-refractivity contribution in [1.82, 2.24) is 10.2 Å². The summed E-state index contributed by atoms with van der Waals surface area (Å²) in [6, 6.07) is 5.47. The Labute approximate surface area is 165 Å². The van der Waals surface area contributed by atoms with Crippen molar-refractivity contribution in [3.63, 3.8) is 0 Å². The average Bonchev–Trinajstić information content (AvgIpc) is 3.10. The van der Waals surface area contributed by atoms with Gasteiger partial charge in [-0.2, -0.15) is 13.2 Å². The Morgan fingerprint density at radius 3 is 2.32 bits per heavy atom. The van der Waals surface area contributed by atoms with E-state index in [-0.39, 0.29) is 17.0 Å². The second-order valence-electron chi connectivity index (χ2n) is 8.58. The molecule has 1 N–H and O–H groups in total. The minimum absolute atomic E-state index is 0.0386. The summed E-state index contributed by atoms with van der Waals surface area (Å²) >= 11 is 1.24. The van der Waals surface area contributed by atoms with Crippen LogP contribution in [0.25, 0.3) is 0 Å². The molecule has 2 aromatic rings. The molecular weight excluding hydrogens is 387 g/mol. The maximum Gasteiger partial charge on any atom is 0.418 e. The Bertz CT molecular complexity index is 831. The molecule has 8 heteroatoms. The van der Waals surface area contributed by atoms with E-state index in [1.165, 1.54) is 43.2 Å². The Morgan fingerprint density at radius 1 is 1.04 bits per heavy atom. The van der Waals surface area contributed by atoms with Crippen LogP contribution in [0.15, 0.2) is 33.9 Å². The van der Waals surface area contributed by atoms with Crippen LogP contribution in [0.3, 0.4) is 0 Å². The molecule has 4 aliphatic rings. The molecular formula is C20H22F3N3OS. The molecule has 0 unspecified atom stereocenters. The molecule has 28 heavy (non-hydrogen) atoms. The van der Waals surface area contributed by atoms with E-state index >= 15 is 0 Å². The van der Waals surface area contributed by atoms with Crippen LogP contribution in [0.5, 0.6) is 0 Å². The normalized spacial score (nSPS) is 31.3. The molecule has 4 aliphatic carbocycles. The summed E-state index contributed by atoms with van der Waals surface area (Å²) in [5.41, 5.74) is -0.574. The number of rotatable bonds is 5. The summed E-state index contributed by atoms with van der Waals surface area (Å²) in [4.78, 5) is 0. The van der Waals surface area contributed by atoms with E-state index in [9.17, 15) is 13.2 Å². The first-order chi connectivity index (χ1) is 13.4. The van der Waals surface area contributed by atoms with Crippen molar-refractivity contribution in [2.45, 2.75) is 55.3 Å². The topological polar surface area (TPSA) is 51.0 Å². The first kappa shape index (κ1) is 18.3. The molecule has 0 saturated heterocycles. The molecule has 0 amide bonds. The molecule has 4 nitrogen and oxygen atoms in total. The Balaban J connectivity index is 1.25. The highest BCUT2D eigenvalue weighted by Crippen LogP contribution is 2.60. The number of alkyl halides is 3. The van der Waals surface area contributed by atoms with Crippen LogP contribution in [0.4, 0.5) is 18.9 Å². The second kappa shape index (κ2) is 6.68. The molecule has 0 spiro atoms. The summed E-state index contributed by atoms with van der Waals surface area (Å²) in [6.45, 7) is 0. The number of anilines is 1. The van der Waals surface area contributed by atoms with E-state index in [0.717, 1.165) is 49.0 Å². The SMILES string of the molecule is FC(F)(F)c1ccccc1NCSc1nnc(C23CC4CC(CC(C4)C2)C3)o1. The molecule has 1 aromatic carbocycles. The zero-order valence-corrected chi connectivity index (χ0v) is 16.2. The predicted octanol–water partition coefficient (Wildman–Crippen LogP) is 5.72. The quantitative estimate of drug-likeness (QED) is 0.506. The Kier molecular flexibility index (Phi) is 4.37. The number of thioether (sulfide) groups is 1. The molecule has 1 aromatic heterocycles. The van der Waals surface area contributed by atoms with E-state index in [0.29, 0.717) is 5.22 Å². The van der Waals surface area contributed by atoms with Crippen LogP contribution in [-0.2, 0) is 11.6 Å².